The van der Waals surface area contributed by atoms with E-state index in [0.29, 0.717) is 12.4 Å². The zero-order chi connectivity index (χ0) is 8.97. The van der Waals surface area contributed by atoms with E-state index in [1.54, 1.807) is 6.20 Å². The van der Waals surface area contributed by atoms with E-state index in [9.17, 15) is 0 Å². The van der Waals surface area contributed by atoms with E-state index in [4.69, 9.17) is 15.9 Å². The molecule has 0 aliphatic heterocycles. The number of nitrogens with zero attached hydrogens (tertiary/aromatic N) is 2. The second-order valence-corrected chi connectivity index (χ2v) is 2.31. The van der Waals surface area contributed by atoms with Gasteiger partial charge in [0, 0.05) is 6.42 Å². The number of hydrogen-bond acceptors (Lipinski definition) is 3. The van der Waals surface area contributed by atoms with Gasteiger partial charge >= 0.3 is 0 Å². The second kappa shape index (κ2) is 3.75. The van der Waals surface area contributed by atoms with Crippen LogP contribution >= 0.6 is 0 Å². The van der Waals surface area contributed by atoms with Crippen LogP contribution in [0, 0.1) is 0 Å². The first-order chi connectivity index (χ1) is 5.72. The highest BCUT2D eigenvalue weighted by atomic mass is 16.4. The lowest BCUT2D eigenvalue weighted by Crippen LogP contribution is -2.22. The van der Waals surface area contributed by atoms with Crippen molar-refractivity contribution in [1.29, 1.82) is 0 Å². The molecule has 0 atom stereocenters. The topological polar surface area (TPSA) is 90.4 Å². The molecule has 4 N–H and O–H groups in total. The Bertz CT molecular complexity index is 275. The molecule has 0 aliphatic carbocycles. The zero-order valence-corrected chi connectivity index (χ0v) is 6.95. The molecule has 0 bridgehead atoms. The third kappa shape index (κ3) is 2.26. The number of aromatic nitrogens is 1. The fraction of sp³-hybridized carbons (Fsp3) is 0.429. The number of oxazole rings is 1. The maximum absolute atomic E-state index is 5.25. The van der Waals surface area contributed by atoms with Crippen molar-refractivity contribution in [2.75, 3.05) is 0 Å². The molecule has 0 spiro atoms. The molecule has 0 saturated heterocycles. The van der Waals surface area contributed by atoms with E-state index < -0.39 is 0 Å². The SMILES string of the molecule is CCc1cnc(CN=C(N)N)o1. The summed E-state index contributed by atoms with van der Waals surface area (Å²) in [7, 11) is 0. The number of hydrogen-bond donors (Lipinski definition) is 2. The predicted octanol–water partition coefficient (Wildman–Crippen LogP) is 0.0104. The van der Waals surface area contributed by atoms with Gasteiger partial charge in [-0.1, -0.05) is 6.92 Å². The first-order valence-electron chi connectivity index (χ1n) is 3.71. The summed E-state index contributed by atoms with van der Waals surface area (Å²) >= 11 is 0. The van der Waals surface area contributed by atoms with Crippen LogP contribution in [-0.2, 0) is 13.0 Å². The van der Waals surface area contributed by atoms with Crippen molar-refractivity contribution in [2.24, 2.45) is 16.5 Å². The van der Waals surface area contributed by atoms with Crippen molar-refractivity contribution >= 4 is 5.96 Å². The molecular formula is C7H12N4O. The number of aryl methyl sites for hydroxylation is 1. The molecular weight excluding hydrogens is 156 g/mol. The Kier molecular flexibility index (Phi) is 2.68. The molecule has 0 saturated carbocycles. The van der Waals surface area contributed by atoms with Crippen molar-refractivity contribution in [2.45, 2.75) is 19.9 Å². The maximum Gasteiger partial charge on any atom is 0.216 e. The second-order valence-electron chi connectivity index (χ2n) is 2.31. The molecule has 1 aromatic heterocycles. The molecule has 66 valence electrons. The molecule has 12 heavy (non-hydrogen) atoms. The number of rotatable bonds is 3. The molecule has 0 fully saturated rings. The minimum atomic E-state index is 0.0475. The van der Waals surface area contributed by atoms with E-state index in [1.807, 2.05) is 6.92 Å². The lowest BCUT2D eigenvalue weighted by atomic mass is 10.4. The molecule has 1 aromatic rings. The average molecular weight is 168 g/mol. The third-order valence-corrected chi connectivity index (χ3v) is 1.35. The van der Waals surface area contributed by atoms with Crippen LogP contribution in [0.4, 0.5) is 0 Å². The molecule has 1 heterocycles. The van der Waals surface area contributed by atoms with Crippen molar-refractivity contribution in [3.63, 3.8) is 0 Å². The smallest absolute Gasteiger partial charge is 0.216 e. The van der Waals surface area contributed by atoms with Gasteiger partial charge in [-0.25, -0.2) is 9.98 Å². The van der Waals surface area contributed by atoms with Gasteiger partial charge in [-0.15, -0.1) is 0 Å². The van der Waals surface area contributed by atoms with Crippen LogP contribution in [0.5, 0.6) is 0 Å². The monoisotopic (exact) mass is 168 g/mol. The van der Waals surface area contributed by atoms with Crippen molar-refractivity contribution in [3.05, 3.63) is 17.8 Å². The van der Waals surface area contributed by atoms with Crippen LogP contribution in [0.2, 0.25) is 0 Å². The van der Waals surface area contributed by atoms with Gasteiger partial charge in [0.05, 0.1) is 6.20 Å². The Morgan fingerprint density at radius 3 is 2.92 bits per heavy atom. The van der Waals surface area contributed by atoms with Crippen LogP contribution in [0.1, 0.15) is 18.6 Å². The summed E-state index contributed by atoms with van der Waals surface area (Å²) in [6.45, 7) is 2.30. The Morgan fingerprint density at radius 1 is 1.67 bits per heavy atom. The Hall–Kier alpha value is -1.52. The van der Waals surface area contributed by atoms with Crippen molar-refractivity contribution in [3.8, 4) is 0 Å². The Morgan fingerprint density at radius 2 is 2.42 bits per heavy atom. The lowest BCUT2D eigenvalue weighted by molar-refractivity contribution is 0.461. The zero-order valence-electron chi connectivity index (χ0n) is 6.95. The molecule has 5 heteroatoms. The predicted molar refractivity (Wildman–Crippen MR) is 45.4 cm³/mol. The van der Waals surface area contributed by atoms with Gasteiger partial charge in [0.15, 0.2) is 5.96 Å². The largest absolute Gasteiger partial charge is 0.444 e. The maximum atomic E-state index is 5.25. The molecule has 0 amide bonds. The highest BCUT2D eigenvalue weighted by Gasteiger charge is 1.99. The number of nitrogens with two attached hydrogens (primary N) is 2. The molecule has 0 aromatic carbocycles. The Labute approximate surface area is 70.5 Å². The summed E-state index contributed by atoms with van der Waals surface area (Å²) in [5.41, 5.74) is 10.3. The highest BCUT2D eigenvalue weighted by molar-refractivity contribution is 5.75. The van der Waals surface area contributed by atoms with Gasteiger partial charge in [0.25, 0.3) is 0 Å². The van der Waals surface area contributed by atoms with Gasteiger partial charge in [-0.05, 0) is 0 Å². The quantitative estimate of drug-likeness (QED) is 0.491. The van der Waals surface area contributed by atoms with Gasteiger partial charge in [-0.2, -0.15) is 0 Å². The average Bonchev–Trinajstić information content (AvgIpc) is 2.48. The lowest BCUT2D eigenvalue weighted by Gasteiger charge is -1.89. The van der Waals surface area contributed by atoms with E-state index >= 15 is 0 Å². The summed E-state index contributed by atoms with van der Waals surface area (Å²) in [4.78, 5) is 7.73. The van der Waals surface area contributed by atoms with Crippen molar-refractivity contribution < 1.29 is 4.42 Å². The molecule has 0 unspecified atom stereocenters. The van der Waals surface area contributed by atoms with Crippen LogP contribution in [0.25, 0.3) is 0 Å². The van der Waals surface area contributed by atoms with Crippen molar-refractivity contribution in [1.82, 2.24) is 4.98 Å². The summed E-state index contributed by atoms with van der Waals surface area (Å²) in [5, 5.41) is 0. The molecule has 1 rings (SSSR count). The Balaban J connectivity index is 2.58. The molecule has 5 nitrogen and oxygen atoms in total. The highest BCUT2D eigenvalue weighted by Crippen LogP contribution is 2.04. The summed E-state index contributed by atoms with van der Waals surface area (Å²) in [6, 6.07) is 0. The normalized spacial score (nSPS) is 9.75. The van der Waals surface area contributed by atoms with Gasteiger partial charge in [0.2, 0.25) is 5.89 Å². The van der Waals surface area contributed by atoms with E-state index in [-0.39, 0.29) is 5.96 Å². The fourth-order valence-corrected chi connectivity index (χ4v) is 0.743. The summed E-state index contributed by atoms with van der Waals surface area (Å²) < 4.78 is 5.25. The molecule has 0 aliphatic rings. The molecule has 0 radical (unpaired) electrons. The van der Waals surface area contributed by atoms with E-state index in [1.165, 1.54) is 0 Å². The van der Waals surface area contributed by atoms with Crippen LogP contribution in [0.3, 0.4) is 0 Å². The summed E-state index contributed by atoms with van der Waals surface area (Å²) in [5.74, 6) is 1.43. The first-order valence-corrected chi connectivity index (χ1v) is 3.71. The standard InChI is InChI=1S/C7H12N4O/c1-2-5-3-10-6(12-5)4-11-7(8)9/h3H,2,4H2,1H3,(H4,8,9,11). The van der Waals surface area contributed by atoms with Crippen LogP contribution in [0.15, 0.2) is 15.6 Å². The van der Waals surface area contributed by atoms with E-state index in [0.717, 1.165) is 12.2 Å². The fourth-order valence-electron chi connectivity index (χ4n) is 0.743. The van der Waals surface area contributed by atoms with E-state index in [2.05, 4.69) is 9.98 Å². The van der Waals surface area contributed by atoms with Gasteiger partial charge in [-0.3, -0.25) is 0 Å². The van der Waals surface area contributed by atoms with Crippen LogP contribution < -0.4 is 11.5 Å². The minimum Gasteiger partial charge on any atom is -0.444 e. The van der Waals surface area contributed by atoms with Gasteiger partial charge < -0.3 is 15.9 Å². The minimum absolute atomic E-state index is 0.0475. The first kappa shape index (κ1) is 8.58. The summed E-state index contributed by atoms with van der Waals surface area (Å²) in [6.07, 6.45) is 2.51. The number of aliphatic imine (C=N–C) groups is 1. The number of guanidine groups is 1. The van der Waals surface area contributed by atoms with Crippen LogP contribution in [-0.4, -0.2) is 10.9 Å². The van der Waals surface area contributed by atoms with Gasteiger partial charge in [0.1, 0.15) is 12.3 Å². The third-order valence-electron chi connectivity index (χ3n) is 1.35.